The van der Waals surface area contributed by atoms with Crippen LogP contribution < -0.4 is 10.0 Å². The Morgan fingerprint density at radius 1 is 1.15 bits per heavy atom. The third kappa shape index (κ3) is 4.82. The Morgan fingerprint density at radius 2 is 1.85 bits per heavy atom. The standard InChI is InChI=1S/C18H24N2O5S/c21-17(19-16(18(22)23)10-12-8-9-12)13-4-3-7-15(11-13)26(24,25)20-14-5-1-2-6-14/h3-4,7,11-12,14,16,20H,1-2,5-6,8-10H2,(H,19,21)(H,22,23). The number of hydrogen-bond acceptors (Lipinski definition) is 4. The summed E-state index contributed by atoms with van der Waals surface area (Å²) in [4.78, 5) is 23.7. The number of rotatable bonds is 8. The van der Waals surface area contributed by atoms with E-state index in [9.17, 15) is 23.1 Å². The molecule has 1 amide bonds. The fraction of sp³-hybridized carbons (Fsp3) is 0.556. The summed E-state index contributed by atoms with van der Waals surface area (Å²) in [5.41, 5.74) is 0.140. The molecule has 3 rings (SSSR count). The van der Waals surface area contributed by atoms with Gasteiger partial charge in [-0.05, 0) is 43.4 Å². The Kier molecular flexibility index (Phi) is 5.62. The predicted molar refractivity (Wildman–Crippen MR) is 95.3 cm³/mol. The second-order valence-electron chi connectivity index (χ2n) is 7.17. The van der Waals surface area contributed by atoms with E-state index in [1.54, 1.807) is 0 Å². The van der Waals surface area contributed by atoms with E-state index in [2.05, 4.69) is 10.0 Å². The largest absolute Gasteiger partial charge is 0.480 e. The molecule has 26 heavy (non-hydrogen) atoms. The van der Waals surface area contributed by atoms with Crippen LogP contribution in [0.5, 0.6) is 0 Å². The number of benzene rings is 1. The zero-order valence-electron chi connectivity index (χ0n) is 14.5. The van der Waals surface area contributed by atoms with Crippen molar-refractivity contribution < 1.29 is 23.1 Å². The Balaban J connectivity index is 1.70. The van der Waals surface area contributed by atoms with E-state index in [0.717, 1.165) is 38.5 Å². The van der Waals surface area contributed by atoms with Crippen molar-refractivity contribution in [2.75, 3.05) is 0 Å². The number of nitrogens with one attached hydrogen (secondary N) is 2. The number of sulfonamides is 1. The normalized spacial score (nSPS) is 19.2. The van der Waals surface area contributed by atoms with Gasteiger partial charge in [-0.3, -0.25) is 4.79 Å². The van der Waals surface area contributed by atoms with Crippen LogP contribution in [0.4, 0.5) is 0 Å². The highest BCUT2D eigenvalue weighted by Crippen LogP contribution is 2.33. The first-order valence-electron chi connectivity index (χ1n) is 9.01. The van der Waals surface area contributed by atoms with Gasteiger partial charge in [0.05, 0.1) is 4.90 Å². The molecule has 0 aromatic heterocycles. The van der Waals surface area contributed by atoms with Gasteiger partial charge in [-0.15, -0.1) is 0 Å². The summed E-state index contributed by atoms with van der Waals surface area (Å²) in [6.45, 7) is 0. The SMILES string of the molecule is O=C(NC(CC1CC1)C(=O)O)c1cccc(S(=O)(=O)NC2CCCC2)c1. The fourth-order valence-corrected chi connectivity index (χ4v) is 4.64. The lowest BCUT2D eigenvalue weighted by molar-refractivity contribution is -0.139. The van der Waals surface area contributed by atoms with E-state index in [1.807, 2.05) is 0 Å². The maximum atomic E-state index is 12.5. The second-order valence-corrected chi connectivity index (χ2v) is 8.89. The topological polar surface area (TPSA) is 113 Å². The van der Waals surface area contributed by atoms with Crippen molar-refractivity contribution in [3.8, 4) is 0 Å². The molecule has 142 valence electrons. The average Bonchev–Trinajstić information content (AvgIpc) is 3.28. The van der Waals surface area contributed by atoms with Crippen molar-refractivity contribution in [1.29, 1.82) is 0 Å². The van der Waals surface area contributed by atoms with Gasteiger partial charge in [0, 0.05) is 11.6 Å². The maximum Gasteiger partial charge on any atom is 0.326 e. The molecule has 0 heterocycles. The van der Waals surface area contributed by atoms with Crippen LogP contribution in [0.25, 0.3) is 0 Å². The van der Waals surface area contributed by atoms with Crippen LogP contribution in [0.3, 0.4) is 0 Å². The first kappa shape index (κ1) is 18.8. The minimum Gasteiger partial charge on any atom is -0.480 e. The van der Waals surface area contributed by atoms with Gasteiger partial charge < -0.3 is 10.4 Å². The molecule has 0 spiro atoms. The van der Waals surface area contributed by atoms with Gasteiger partial charge in [0.15, 0.2) is 0 Å². The molecule has 2 aliphatic carbocycles. The molecule has 0 saturated heterocycles. The number of carbonyl (C=O) groups excluding carboxylic acids is 1. The van der Waals surface area contributed by atoms with Gasteiger partial charge in [-0.1, -0.05) is 31.7 Å². The lowest BCUT2D eigenvalue weighted by Crippen LogP contribution is -2.41. The van der Waals surface area contributed by atoms with Gasteiger partial charge in [-0.25, -0.2) is 17.9 Å². The van der Waals surface area contributed by atoms with E-state index in [1.165, 1.54) is 24.3 Å². The molecule has 8 heteroatoms. The zero-order valence-corrected chi connectivity index (χ0v) is 15.3. The fourth-order valence-electron chi connectivity index (χ4n) is 3.29. The number of carbonyl (C=O) groups is 2. The minimum absolute atomic E-state index is 0.0196. The molecule has 1 unspecified atom stereocenters. The van der Waals surface area contributed by atoms with Crippen molar-refractivity contribution in [2.45, 2.75) is 61.9 Å². The molecule has 3 N–H and O–H groups in total. The summed E-state index contributed by atoms with van der Waals surface area (Å²) in [5.74, 6) is -1.30. The molecule has 2 aliphatic rings. The van der Waals surface area contributed by atoms with Crippen molar-refractivity contribution in [3.63, 3.8) is 0 Å². The molecule has 1 atom stereocenters. The van der Waals surface area contributed by atoms with E-state index < -0.39 is 27.9 Å². The Bertz CT molecular complexity index is 783. The van der Waals surface area contributed by atoms with Crippen molar-refractivity contribution in [3.05, 3.63) is 29.8 Å². The lowest BCUT2D eigenvalue weighted by Gasteiger charge is -2.15. The van der Waals surface area contributed by atoms with Gasteiger partial charge in [0.25, 0.3) is 5.91 Å². The molecule has 7 nitrogen and oxygen atoms in total. The monoisotopic (exact) mass is 380 g/mol. The highest BCUT2D eigenvalue weighted by Gasteiger charge is 2.30. The highest BCUT2D eigenvalue weighted by molar-refractivity contribution is 7.89. The first-order chi connectivity index (χ1) is 12.3. The summed E-state index contributed by atoms with van der Waals surface area (Å²) in [5, 5.41) is 11.8. The van der Waals surface area contributed by atoms with Crippen LogP contribution in [0.15, 0.2) is 29.2 Å². The number of carboxylic acid groups (broad SMARTS) is 1. The molecule has 0 bridgehead atoms. The summed E-state index contributed by atoms with van der Waals surface area (Å²) >= 11 is 0. The molecule has 2 saturated carbocycles. The van der Waals surface area contributed by atoms with Crippen LogP contribution in [0, 0.1) is 5.92 Å². The van der Waals surface area contributed by atoms with Crippen LogP contribution in [0.2, 0.25) is 0 Å². The third-order valence-corrected chi connectivity index (χ3v) is 6.47. The number of aliphatic carboxylic acids is 1. The zero-order chi connectivity index (χ0) is 18.7. The quantitative estimate of drug-likeness (QED) is 0.637. The van der Waals surface area contributed by atoms with Crippen LogP contribution in [-0.4, -0.2) is 37.5 Å². The van der Waals surface area contributed by atoms with Crippen molar-refractivity contribution in [2.24, 2.45) is 5.92 Å². The third-order valence-electron chi connectivity index (χ3n) is 4.95. The van der Waals surface area contributed by atoms with E-state index in [4.69, 9.17) is 0 Å². The van der Waals surface area contributed by atoms with Crippen molar-refractivity contribution in [1.82, 2.24) is 10.0 Å². The molecular formula is C18H24N2O5S. The summed E-state index contributed by atoms with van der Waals surface area (Å²) in [6, 6.07) is 4.70. The number of hydrogen-bond donors (Lipinski definition) is 3. The molecule has 0 radical (unpaired) electrons. The van der Waals surface area contributed by atoms with Gasteiger partial charge in [0.1, 0.15) is 6.04 Å². The first-order valence-corrected chi connectivity index (χ1v) is 10.5. The molecule has 1 aromatic carbocycles. The van der Waals surface area contributed by atoms with E-state index in [-0.39, 0.29) is 16.5 Å². The Morgan fingerprint density at radius 3 is 2.46 bits per heavy atom. The van der Waals surface area contributed by atoms with Gasteiger partial charge >= 0.3 is 5.97 Å². The second kappa shape index (κ2) is 7.75. The van der Waals surface area contributed by atoms with Gasteiger partial charge in [0.2, 0.25) is 10.0 Å². The van der Waals surface area contributed by atoms with E-state index >= 15 is 0 Å². The minimum atomic E-state index is -3.70. The van der Waals surface area contributed by atoms with Crippen molar-refractivity contribution >= 4 is 21.9 Å². The number of carboxylic acids is 1. The van der Waals surface area contributed by atoms with E-state index in [0.29, 0.717) is 12.3 Å². The van der Waals surface area contributed by atoms with Crippen LogP contribution in [0.1, 0.15) is 55.3 Å². The summed E-state index contributed by atoms with van der Waals surface area (Å²) in [6.07, 6.45) is 6.03. The van der Waals surface area contributed by atoms with Crippen LogP contribution >= 0.6 is 0 Å². The Hall–Kier alpha value is -1.93. The molecular weight excluding hydrogens is 356 g/mol. The highest BCUT2D eigenvalue weighted by atomic mass is 32.2. The Labute approximate surface area is 153 Å². The predicted octanol–water partition coefficient (Wildman–Crippen LogP) is 1.89. The number of amides is 1. The summed E-state index contributed by atoms with van der Waals surface area (Å²) < 4.78 is 27.7. The average molecular weight is 380 g/mol. The maximum absolute atomic E-state index is 12.5. The lowest BCUT2D eigenvalue weighted by atomic mass is 10.1. The van der Waals surface area contributed by atoms with Crippen LogP contribution in [-0.2, 0) is 14.8 Å². The molecule has 0 aliphatic heterocycles. The molecule has 1 aromatic rings. The summed E-state index contributed by atoms with van der Waals surface area (Å²) in [7, 11) is -3.70. The molecule has 2 fully saturated rings. The smallest absolute Gasteiger partial charge is 0.326 e. The van der Waals surface area contributed by atoms with Gasteiger partial charge in [-0.2, -0.15) is 0 Å².